The summed E-state index contributed by atoms with van der Waals surface area (Å²) in [5.74, 6) is -0.209. The van der Waals surface area contributed by atoms with Crippen LogP contribution in [0.2, 0.25) is 0 Å². The zero-order valence-corrected chi connectivity index (χ0v) is 15.9. The molecule has 0 unspecified atom stereocenters. The Kier molecular flexibility index (Phi) is 5.79. The SMILES string of the molecule is COc1ccc(C(=O)O[C@@H](C)C(=O)Nc2ccc3ccccc3c2)c(OC)c1. The van der Waals surface area contributed by atoms with Crippen molar-refractivity contribution in [2.45, 2.75) is 13.0 Å². The van der Waals surface area contributed by atoms with Gasteiger partial charge in [-0.05, 0) is 42.0 Å². The zero-order valence-electron chi connectivity index (χ0n) is 15.9. The van der Waals surface area contributed by atoms with Gasteiger partial charge in [-0.2, -0.15) is 0 Å². The van der Waals surface area contributed by atoms with Crippen molar-refractivity contribution in [2.75, 3.05) is 19.5 Å². The number of carbonyl (C=O) groups is 2. The molecule has 0 bridgehead atoms. The lowest BCUT2D eigenvalue weighted by Gasteiger charge is -2.15. The average Bonchev–Trinajstić information content (AvgIpc) is 2.72. The minimum absolute atomic E-state index is 0.216. The minimum Gasteiger partial charge on any atom is -0.497 e. The van der Waals surface area contributed by atoms with Gasteiger partial charge in [0.1, 0.15) is 17.1 Å². The number of methoxy groups -OCH3 is 2. The van der Waals surface area contributed by atoms with E-state index in [4.69, 9.17) is 14.2 Å². The molecule has 0 aromatic heterocycles. The Morgan fingerprint density at radius 3 is 2.36 bits per heavy atom. The van der Waals surface area contributed by atoms with Gasteiger partial charge in [-0.15, -0.1) is 0 Å². The fraction of sp³-hybridized carbons (Fsp3) is 0.182. The van der Waals surface area contributed by atoms with Gasteiger partial charge in [0.05, 0.1) is 14.2 Å². The molecule has 0 spiro atoms. The zero-order chi connectivity index (χ0) is 20.1. The highest BCUT2D eigenvalue weighted by Crippen LogP contribution is 2.25. The van der Waals surface area contributed by atoms with Gasteiger partial charge < -0.3 is 19.5 Å². The molecule has 3 aromatic rings. The first-order chi connectivity index (χ1) is 13.5. The smallest absolute Gasteiger partial charge is 0.342 e. The third-order valence-corrected chi connectivity index (χ3v) is 4.30. The molecule has 0 heterocycles. The molecule has 6 heteroatoms. The number of benzene rings is 3. The molecule has 1 atom stereocenters. The molecule has 0 saturated heterocycles. The first-order valence-electron chi connectivity index (χ1n) is 8.74. The topological polar surface area (TPSA) is 73.9 Å². The number of esters is 1. The van der Waals surface area contributed by atoms with Crippen molar-refractivity contribution in [3.05, 3.63) is 66.2 Å². The van der Waals surface area contributed by atoms with Crippen LogP contribution in [-0.4, -0.2) is 32.2 Å². The Balaban J connectivity index is 1.68. The second kappa shape index (κ2) is 8.43. The van der Waals surface area contributed by atoms with Crippen molar-refractivity contribution < 1.29 is 23.8 Å². The summed E-state index contributed by atoms with van der Waals surface area (Å²) in [7, 11) is 2.97. The third-order valence-electron chi connectivity index (χ3n) is 4.30. The molecule has 0 aliphatic rings. The number of carbonyl (C=O) groups excluding carboxylic acids is 2. The molecule has 6 nitrogen and oxygen atoms in total. The number of anilines is 1. The molecular weight excluding hydrogens is 358 g/mol. The van der Waals surface area contributed by atoms with Crippen LogP contribution in [0.5, 0.6) is 11.5 Å². The average molecular weight is 379 g/mol. The Morgan fingerprint density at radius 2 is 1.64 bits per heavy atom. The molecule has 28 heavy (non-hydrogen) atoms. The van der Waals surface area contributed by atoms with E-state index in [-0.39, 0.29) is 5.56 Å². The van der Waals surface area contributed by atoms with E-state index >= 15 is 0 Å². The summed E-state index contributed by atoms with van der Waals surface area (Å²) in [6, 6.07) is 18.2. The van der Waals surface area contributed by atoms with E-state index in [1.54, 1.807) is 18.2 Å². The van der Waals surface area contributed by atoms with Crippen molar-refractivity contribution in [2.24, 2.45) is 0 Å². The monoisotopic (exact) mass is 379 g/mol. The summed E-state index contributed by atoms with van der Waals surface area (Å²) in [5, 5.41) is 4.85. The maximum absolute atomic E-state index is 12.4. The van der Waals surface area contributed by atoms with E-state index in [1.807, 2.05) is 36.4 Å². The summed E-state index contributed by atoms with van der Waals surface area (Å²) in [6.45, 7) is 1.52. The number of rotatable bonds is 6. The van der Waals surface area contributed by atoms with Gasteiger partial charge in [-0.3, -0.25) is 4.79 Å². The molecule has 0 aliphatic heterocycles. The fourth-order valence-corrected chi connectivity index (χ4v) is 2.76. The predicted molar refractivity (Wildman–Crippen MR) is 107 cm³/mol. The second-order valence-corrected chi connectivity index (χ2v) is 6.16. The van der Waals surface area contributed by atoms with Crippen molar-refractivity contribution in [1.82, 2.24) is 0 Å². The maximum atomic E-state index is 12.4. The number of nitrogens with one attached hydrogen (secondary N) is 1. The summed E-state index contributed by atoms with van der Waals surface area (Å²) in [6.07, 6.45) is -0.981. The van der Waals surface area contributed by atoms with E-state index in [0.29, 0.717) is 17.2 Å². The first-order valence-corrected chi connectivity index (χ1v) is 8.74. The van der Waals surface area contributed by atoms with Gasteiger partial charge >= 0.3 is 5.97 Å². The Morgan fingerprint density at radius 1 is 0.893 bits per heavy atom. The van der Waals surface area contributed by atoms with Crippen LogP contribution in [-0.2, 0) is 9.53 Å². The normalized spacial score (nSPS) is 11.5. The molecular formula is C22H21NO5. The standard InChI is InChI=1S/C22H21NO5/c1-14(28-22(25)19-11-10-18(26-2)13-20(19)27-3)21(24)23-17-9-8-15-6-4-5-7-16(15)12-17/h4-14H,1-3H3,(H,23,24)/t14-/m0/s1. The predicted octanol–water partition coefficient (Wildman–Crippen LogP) is 4.04. The van der Waals surface area contributed by atoms with Crippen molar-refractivity contribution >= 4 is 28.3 Å². The van der Waals surface area contributed by atoms with Crippen LogP contribution in [0.4, 0.5) is 5.69 Å². The quantitative estimate of drug-likeness (QED) is 0.654. The molecule has 0 aliphatic carbocycles. The molecule has 3 rings (SSSR count). The van der Waals surface area contributed by atoms with Crippen molar-refractivity contribution in [3.8, 4) is 11.5 Å². The van der Waals surface area contributed by atoms with Gasteiger partial charge in [0.25, 0.3) is 5.91 Å². The Labute approximate surface area is 163 Å². The van der Waals surface area contributed by atoms with Gasteiger partial charge in [-0.1, -0.05) is 30.3 Å². The van der Waals surface area contributed by atoms with Crippen LogP contribution in [0.1, 0.15) is 17.3 Å². The highest BCUT2D eigenvalue weighted by atomic mass is 16.5. The summed E-state index contributed by atoms with van der Waals surface area (Å²) in [5.41, 5.74) is 0.849. The molecule has 144 valence electrons. The van der Waals surface area contributed by atoms with E-state index < -0.39 is 18.0 Å². The molecule has 3 aromatic carbocycles. The molecule has 1 N–H and O–H groups in total. The van der Waals surface area contributed by atoms with E-state index in [0.717, 1.165) is 10.8 Å². The first kappa shape index (κ1) is 19.2. The number of hydrogen-bond donors (Lipinski definition) is 1. The molecule has 0 fully saturated rings. The van der Waals surface area contributed by atoms with Crippen LogP contribution in [0, 0.1) is 0 Å². The second-order valence-electron chi connectivity index (χ2n) is 6.16. The van der Waals surface area contributed by atoms with Gasteiger partial charge in [-0.25, -0.2) is 4.79 Å². The number of amides is 1. The third kappa shape index (κ3) is 4.23. The maximum Gasteiger partial charge on any atom is 0.342 e. The van der Waals surface area contributed by atoms with Crippen molar-refractivity contribution in [1.29, 1.82) is 0 Å². The molecule has 1 amide bonds. The number of hydrogen-bond acceptors (Lipinski definition) is 5. The summed E-state index contributed by atoms with van der Waals surface area (Å²) < 4.78 is 15.6. The molecule has 0 radical (unpaired) electrons. The van der Waals surface area contributed by atoms with E-state index in [1.165, 1.54) is 27.2 Å². The van der Waals surface area contributed by atoms with E-state index in [2.05, 4.69) is 5.32 Å². The lowest BCUT2D eigenvalue weighted by molar-refractivity contribution is -0.123. The van der Waals surface area contributed by atoms with Gasteiger partial charge in [0, 0.05) is 11.8 Å². The fourth-order valence-electron chi connectivity index (χ4n) is 2.76. The highest BCUT2D eigenvalue weighted by Gasteiger charge is 2.22. The van der Waals surface area contributed by atoms with Gasteiger partial charge in [0.15, 0.2) is 6.10 Å². The lowest BCUT2D eigenvalue weighted by Crippen LogP contribution is -2.30. The Hall–Kier alpha value is -3.54. The van der Waals surface area contributed by atoms with E-state index in [9.17, 15) is 9.59 Å². The van der Waals surface area contributed by atoms with Crippen LogP contribution < -0.4 is 14.8 Å². The summed E-state index contributed by atoms with van der Waals surface area (Å²) >= 11 is 0. The summed E-state index contributed by atoms with van der Waals surface area (Å²) in [4.78, 5) is 24.9. The largest absolute Gasteiger partial charge is 0.497 e. The number of ether oxygens (including phenoxy) is 3. The highest BCUT2D eigenvalue weighted by molar-refractivity contribution is 5.99. The van der Waals surface area contributed by atoms with Crippen LogP contribution in [0.25, 0.3) is 10.8 Å². The number of fused-ring (bicyclic) bond motifs is 1. The van der Waals surface area contributed by atoms with Gasteiger partial charge in [0.2, 0.25) is 0 Å². The minimum atomic E-state index is -0.981. The Bertz CT molecular complexity index is 1010. The van der Waals surface area contributed by atoms with Crippen molar-refractivity contribution in [3.63, 3.8) is 0 Å². The van der Waals surface area contributed by atoms with Crippen LogP contribution in [0.15, 0.2) is 60.7 Å². The lowest BCUT2D eigenvalue weighted by atomic mass is 10.1. The van der Waals surface area contributed by atoms with Crippen LogP contribution in [0.3, 0.4) is 0 Å². The van der Waals surface area contributed by atoms with Crippen LogP contribution >= 0.6 is 0 Å². The molecule has 0 saturated carbocycles.